The first-order chi connectivity index (χ1) is 10.7. The molecule has 0 bridgehead atoms. The second-order valence-corrected chi connectivity index (χ2v) is 6.36. The lowest BCUT2D eigenvalue weighted by molar-refractivity contribution is 0.665. The molecule has 1 unspecified atom stereocenters. The van der Waals surface area contributed by atoms with Gasteiger partial charge in [0.2, 0.25) is 0 Å². The zero-order valence-corrected chi connectivity index (χ0v) is 13.9. The molecule has 0 aliphatic carbocycles. The van der Waals surface area contributed by atoms with Gasteiger partial charge >= 0.3 is 0 Å². The van der Waals surface area contributed by atoms with Gasteiger partial charge in [-0.2, -0.15) is 5.10 Å². The van der Waals surface area contributed by atoms with Crippen LogP contribution in [0.25, 0.3) is 0 Å². The Bertz CT molecular complexity index is 807. The Kier molecular flexibility index (Phi) is 3.25. The summed E-state index contributed by atoms with van der Waals surface area (Å²) in [6, 6.07) is 6.17. The first-order valence-electron chi connectivity index (χ1n) is 6.82. The average Bonchev–Trinajstić information content (AvgIpc) is 2.98. The molecule has 2 aliphatic heterocycles. The number of allylic oxidation sites excluding steroid dienone is 1. The first kappa shape index (κ1) is 13.6. The van der Waals surface area contributed by atoms with Crippen molar-refractivity contribution in [3.63, 3.8) is 0 Å². The van der Waals surface area contributed by atoms with Crippen LogP contribution in [0.4, 0.5) is 11.4 Å². The average molecular weight is 405 g/mol. The molecular formula is C14H12IN7. The second kappa shape index (κ2) is 5.27. The van der Waals surface area contributed by atoms with Gasteiger partial charge in [-0.25, -0.2) is 19.7 Å². The van der Waals surface area contributed by atoms with E-state index >= 15 is 0 Å². The first-order valence-corrected chi connectivity index (χ1v) is 7.90. The van der Waals surface area contributed by atoms with Gasteiger partial charge in [-0.3, -0.25) is 0 Å². The summed E-state index contributed by atoms with van der Waals surface area (Å²) >= 11 is 2.29. The fourth-order valence-corrected chi connectivity index (χ4v) is 3.05. The number of anilines is 1. The zero-order valence-electron chi connectivity index (χ0n) is 11.8. The molecule has 4 rings (SSSR count). The predicted octanol–water partition coefficient (Wildman–Crippen LogP) is 3.32. The molecule has 0 amide bonds. The highest BCUT2D eigenvalue weighted by molar-refractivity contribution is 14.1. The minimum absolute atomic E-state index is 0.0694. The molecule has 8 heteroatoms. The van der Waals surface area contributed by atoms with E-state index < -0.39 is 0 Å². The van der Waals surface area contributed by atoms with Gasteiger partial charge in [-0.1, -0.05) is 5.22 Å². The molecule has 0 spiro atoms. The lowest BCUT2D eigenvalue weighted by Crippen LogP contribution is -2.33. The topological polar surface area (TPSA) is 71.0 Å². The summed E-state index contributed by atoms with van der Waals surface area (Å²) in [6.07, 6.45) is 5.98. The summed E-state index contributed by atoms with van der Waals surface area (Å²) in [5, 5.41) is 14.7. The third kappa shape index (κ3) is 2.32. The SMILES string of the molecule is CC1=CC2CC(n3cncn3)=Nc3ccc(I)cc3N2N=N1. The van der Waals surface area contributed by atoms with Crippen molar-refractivity contribution in [3.05, 3.63) is 46.2 Å². The van der Waals surface area contributed by atoms with E-state index in [1.165, 1.54) is 6.33 Å². The molecule has 1 atom stereocenters. The fraction of sp³-hybridized carbons (Fsp3) is 0.214. The molecular weight excluding hydrogens is 393 g/mol. The van der Waals surface area contributed by atoms with E-state index in [1.807, 2.05) is 24.1 Å². The lowest BCUT2D eigenvalue weighted by Gasteiger charge is -2.27. The van der Waals surface area contributed by atoms with E-state index in [2.05, 4.69) is 55.2 Å². The zero-order chi connectivity index (χ0) is 15.1. The van der Waals surface area contributed by atoms with Crippen LogP contribution in [-0.4, -0.2) is 26.6 Å². The Balaban J connectivity index is 1.89. The number of fused-ring (bicyclic) bond motifs is 3. The largest absolute Gasteiger partial charge is 0.237 e. The van der Waals surface area contributed by atoms with Crippen LogP contribution < -0.4 is 5.01 Å². The summed E-state index contributed by atoms with van der Waals surface area (Å²) in [4.78, 5) is 8.79. The Morgan fingerprint density at radius 1 is 1.32 bits per heavy atom. The van der Waals surface area contributed by atoms with E-state index in [0.717, 1.165) is 26.5 Å². The van der Waals surface area contributed by atoms with Crippen LogP contribution in [0.3, 0.4) is 0 Å². The predicted molar refractivity (Wildman–Crippen MR) is 91.2 cm³/mol. The molecule has 0 N–H and O–H groups in total. The maximum Gasteiger partial charge on any atom is 0.138 e. The van der Waals surface area contributed by atoms with Crippen molar-refractivity contribution in [2.75, 3.05) is 5.01 Å². The van der Waals surface area contributed by atoms with Gasteiger partial charge in [0.1, 0.15) is 18.5 Å². The fourth-order valence-electron chi connectivity index (χ4n) is 2.57. The molecule has 1 aromatic carbocycles. The highest BCUT2D eigenvalue weighted by Gasteiger charge is 2.28. The van der Waals surface area contributed by atoms with Crippen LogP contribution >= 0.6 is 22.6 Å². The van der Waals surface area contributed by atoms with Gasteiger partial charge in [0.05, 0.1) is 23.1 Å². The smallest absolute Gasteiger partial charge is 0.138 e. The van der Waals surface area contributed by atoms with Crippen molar-refractivity contribution in [2.45, 2.75) is 19.4 Å². The molecule has 0 fully saturated rings. The summed E-state index contributed by atoms with van der Waals surface area (Å²) in [7, 11) is 0. The Hall–Kier alpha value is -2.10. The Labute approximate surface area is 140 Å². The Morgan fingerprint density at radius 3 is 3.05 bits per heavy atom. The number of benzene rings is 1. The minimum atomic E-state index is 0.0694. The molecule has 2 aromatic rings. The van der Waals surface area contributed by atoms with E-state index in [4.69, 9.17) is 4.99 Å². The van der Waals surface area contributed by atoms with Gasteiger partial charge in [0, 0.05) is 9.99 Å². The highest BCUT2D eigenvalue weighted by atomic mass is 127. The van der Waals surface area contributed by atoms with Crippen LogP contribution in [0.1, 0.15) is 13.3 Å². The van der Waals surface area contributed by atoms with Gasteiger partial charge in [0.15, 0.2) is 0 Å². The maximum absolute atomic E-state index is 4.77. The van der Waals surface area contributed by atoms with Crippen molar-refractivity contribution in [1.29, 1.82) is 0 Å². The molecule has 110 valence electrons. The minimum Gasteiger partial charge on any atom is -0.237 e. The third-order valence-electron chi connectivity index (χ3n) is 3.56. The van der Waals surface area contributed by atoms with Crippen molar-refractivity contribution >= 4 is 39.8 Å². The van der Waals surface area contributed by atoms with Crippen LogP contribution in [0, 0.1) is 3.57 Å². The van der Waals surface area contributed by atoms with Crippen molar-refractivity contribution < 1.29 is 0 Å². The maximum atomic E-state index is 4.77. The van der Waals surface area contributed by atoms with Crippen LogP contribution in [0.2, 0.25) is 0 Å². The number of hydrogen-bond acceptors (Lipinski definition) is 6. The van der Waals surface area contributed by atoms with Gasteiger partial charge in [-0.15, -0.1) is 5.11 Å². The van der Waals surface area contributed by atoms with Crippen molar-refractivity contribution in [2.24, 2.45) is 15.3 Å². The van der Waals surface area contributed by atoms with E-state index in [-0.39, 0.29) is 6.04 Å². The number of halogens is 1. The molecule has 0 saturated carbocycles. The molecule has 7 nitrogen and oxygen atoms in total. The van der Waals surface area contributed by atoms with E-state index in [9.17, 15) is 0 Å². The van der Waals surface area contributed by atoms with E-state index in [1.54, 1.807) is 11.0 Å². The number of rotatable bonds is 0. The van der Waals surface area contributed by atoms with Crippen molar-refractivity contribution in [3.8, 4) is 0 Å². The normalized spacial score (nSPS) is 19.9. The van der Waals surface area contributed by atoms with Crippen LogP contribution in [-0.2, 0) is 0 Å². The number of aliphatic imine (C=N–C) groups is 1. The molecule has 0 saturated heterocycles. The quantitative estimate of drug-likeness (QED) is 0.632. The van der Waals surface area contributed by atoms with Crippen molar-refractivity contribution in [1.82, 2.24) is 14.8 Å². The molecule has 0 radical (unpaired) electrons. The van der Waals surface area contributed by atoms with Crippen LogP contribution in [0.15, 0.2) is 58.0 Å². The van der Waals surface area contributed by atoms with Gasteiger partial charge < -0.3 is 0 Å². The van der Waals surface area contributed by atoms with Gasteiger partial charge in [0.25, 0.3) is 0 Å². The van der Waals surface area contributed by atoms with Gasteiger partial charge in [-0.05, 0) is 53.8 Å². The number of aromatic nitrogens is 3. The summed E-state index contributed by atoms with van der Waals surface area (Å²) in [5.41, 5.74) is 2.73. The number of hydrogen-bond donors (Lipinski definition) is 0. The summed E-state index contributed by atoms with van der Waals surface area (Å²) in [5.74, 6) is 0.841. The highest BCUT2D eigenvalue weighted by Crippen LogP contribution is 2.37. The summed E-state index contributed by atoms with van der Waals surface area (Å²) < 4.78 is 2.84. The molecule has 3 heterocycles. The molecule has 22 heavy (non-hydrogen) atoms. The molecule has 1 aromatic heterocycles. The standard InChI is InChI=1S/C14H12IN7/c1-9-4-11-6-14(21-8-16-7-17-21)18-12-3-2-10(15)5-13(12)22(11)20-19-9/h2-5,7-8,11H,6H2,1H3. The monoisotopic (exact) mass is 405 g/mol. The Morgan fingerprint density at radius 2 is 2.23 bits per heavy atom. The second-order valence-electron chi connectivity index (χ2n) is 5.11. The third-order valence-corrected chi connectivity index (χ3v) is 4.23. The van der Waals surface area contributed by atoms with Crippen LogP contribution in [0.5, 0.6) is 0 Å². The van der Waals surface area contributed by atoms with E-state index in [0.29, 0.717) is 6.42 Å². The molecule has 2 aliphatic rings. The summed E-state index contributed by atoms with van der Waals surface area (Å²) in [6.45, 7) is 1.95. The lowest BCUT2D eigenvalue weighted by atomic mass is 10.1. The number of nitrogens with zero attached hydrogens (tertiary/aromatic N) is 7.